The van der Waals surface area contributed by atoms with Crippen molar-refractivity contribution in [1.82, 2.24) is 15.0 Å². The van der Waals surface area contributed by atoms with Gasteiger partial charge in [-0.05, 0) is 44.5 Å². The molecule has 7 heteroatoms. The maximum absolute atomic E-state index is 11.5. The van der Waals surface area contributed by atoms with Gasteiger partial charge in [-0.1, -0.05) is 29.4 Å². The first-order valence-electron chi connectivity index (χ1n) is 9.13. The van der Waals surface area contributed by atoms with Crippen LogP contribution in [-0.4, -0.2) is 59.9 Å². The second kappa shape index (κ2) is 7.48. The van der Waals surface area contributed by atoms with Gasteiger partial charge in [0.15, 0.2) is 5.82 Å². The first kappa shape index (κ1) is 19.6. The lowest BCUT2D eigenvalue weighted by atomic mass is 9.60. The average Bonchev–Trinajstić information content (AvgIpc) is 3.12. The summed E-state index contributed by atoms with van der Waals surface area (Å²) in [5.41, 5.74) is -1.03. The van der Waals surface area contributed by atoms with E-state index in [1.165, 1.54) is 0 Å². The highest BCUT2D eigenvalue weighted by Crippen LogP contribution is 2.50. The predicted molar refractivity (Wildman–Crippen MR) is 103 cm³/mol. The summed E-state index contributed by atoms with van der Waals surface area (Å²) in [6.45, 7) is 7.85. The minimum atomic E-state index is -0.656. The van der Waals surface area contributed by atoms with Crippen molar-refractivity contribution in [2.75, 3.05) is 19.7 Å². The number of benzene rings is 1. The molecule has 0 saturated carbocycles. The standard InChI is InChI=1S/C20H25N3O3.B/c1-3-9-20(14-25-16-7-5-4-6-8-16)17(24)19(10-12-23(20)13-11-19)18-21-15(2)26-22-18;/h3-8,17,24H,1,9-14H2,2H3;. The minimum absolute atomic E-state index is 0. The van der Waals surface area contributed by atoms with Gasteiger partial charge < -0.3 is 14.4 Å². The molecule has 3 aliphatic heterocycles. The van der Waals surface area contributed by atoms with Crippen LogP contribution in [0.1, 0.15) is 31.0 Å². The zero-order valence-electron chi connectivity index (χ0n) is 15.7. The maximum Gasteiger partial charge on any atom is 0.223 e. The number of nitrogens with zero attached hydrogens (tertiary/aromatic N) is 3. The van der Waals surface area contributed by atoms with Crippen LogP contribution in [0.15, 0.2) is 47.5 Å². The quantitative estimate of drug-likeness (QED) is 0.624. The van der Waals surface area contributed by atoms with Crippen LogP contribution < -0.4 is 4.74 Å². The number of hydrogen-bond acceptors (Lipinski definition) is 6. The summed E-state index contributed by atoms with van der Waals surface area (Å²) in [7, 11) is 0. The molecule has 3 saturated heterocycles. The third-order valence-electron chi connectivity index (χ3n) is 6.02. The SMILES string of the molecule is C=CCC1(COc2ccccc2)C(O)C2(c3noc(C)n3)CCN1CC2.[B]. The predicted octanol–water partition coefficient (Wildman–Crippen LogP) is 2.10. The normalized spacial score (nSPS) is 31.9. The molecule has 0 aliphatic carbocycles. The maximum atomic E-state index is 11.5. The van der Waals surface area contributed by atoms with Gasteiger partial charge in [-0.3, -0.25) is 4.90 Å². The monoisotopic (exact) mass is 366 g/mol. The second-order valence-corrected chi connectivity index (χ2v) is 7.38. The lowest BCUT2D eigenvalue weighted by Crippen LogP contribution is -2.74. The van der Waals surface area contributed by atoms with Crippen LogP contribution in [0.2, 0.25) is 0 Å². The molecule has 27 heavy (non-hydrogen) atoms. The number of piperidine rings is 3. The van der Waals surface area contributed by atoms with Gasteiger partial charge in [0, 0.05) is 15.3 Å². The summed E-state index contributed by atoms with van der Waals surface area (Å²) in [6, 6.07) is 9.72. The fourth-order valence-electron chi connectivity index (χ4n) is 4.60. The summed E-state index contributed by atoms with van der Waals surface area (Å²) in [6.07, 6.45) is 3.48. The molecule has 1 aromatic heterocycles. The highest BCUT2D eigenvalue weighted by atomic mass is 16.5. The van der Waals surface area contributed by atoms with E-state index in [0.29, 0.717) is 24.7 Å². The van der Waals surface area contributed by atoms with Gasteiger partial charge in [0.05, 0.1) is 17.1 Å². The molecular weight excluding hydrogens is 341 g/mol. The second-order valence-electron chi connectivity index (χ2n) is 7.38. The van der Waals surface area contributed by atoms with Crippen molar-refractivity contribution >= 4 is 8.41 Å². The van der Waals surface area contributed by atoms with Crippen molar-refractivity contribution < 1.29 is 14.4 Å². The summed E-state index contributed by atoms with van der Waals surface area (Å²) in [4.78, 5) is 6.82. The Hall–Kier alpha value is -2.12. The van der Waals surface area contributed by atoms with Crippen LogP contribution in [0.5, 0.6) is 5.75 Å². The number of aliphatic hydroxyl groups is 1. The van der Waals surface area contributed by atoms with E-state index in [2.05, 4.69) is 21.6 Å². The van der Waals surface area contributed by atoms with Crippen LogP contribution in [0.4, 0.5) is 0 Å². The van der Waals surface area contributed by atoms with Gasteiger partial charge >= 0.3 is 0 Å². The van der Waals surface area contributed by atoms with E-state index in [9.17, 15) is 5.11 Å². The van der Waals surface area contributed by atoms with E-state index in [-0.39, 0.29) is 8.41 Å². The molecule has 3 fully saturated rings. The topological polar surface area (TPSA) is 71.6 Å². The third-order valence-corrected chi connectivity index (χ3v) is 6.02. The average molecular weight is 366 g/mol. The zero-order chi connectivity index (χ0) is 18.2. The van der Waals surface area contributed by atoms with Crippen molar-refractivity contribution in [3.8, 4) is 5.75 Å². The molecular formula is C20H25BN3O3. The smallest absolute Gasteiger partial charge is 0.223 e. The Bertz CT molecular complexity index is 774. The number of ether oxygens (including phenoxy) is 1. The van der Waals surface area contributed by atoms with E-state index in [4.69, 9.17) is 9.26 Å². The summed E-state index contributed by atoms with van der Waals surface area (Å²) >= 11 is 0. The van der Waals surface area contributed by atoms with Crippen molar-refractivity contribution in [1.29, 1.82) is 0 Å². The Morgan fingerprint density at radius 1 is 1.33 bits per heavy atom. The van der Waals surface area contributed by atoms with Crippen molar-refractivity contribution in [2.45, 2.75) is 43.2 Å². The number of aryl methyl sites for hydroxylation is 1. The summed E-state index contributed by atoms with van der Waals surface area (Å²) in [5, 5.41) is 15.7. The first-order chi connectivity index (χ1) is 12.6. The fraction of sp³-hybridized carbons (Fsp3) is 0.500. The Kier molecular flexibility index (Phi) is 5.44. The molecule has 141 valence electrons. The zero-order valence-corrected chi connectivity index (χ0v) is 15.7. The number of fused-ring (bicyclic) bond motifs is 3. The summed E-state index contributed by atoms with van der Waals surface area (Å²) in [5.74, 6) is 1.95. The highest BCUT2D eigenvalue weighted by molar-refractivity contribution is 5.75. The molecule has 1 aromatic carbocycles. The largest absolute Gasteiger partial charge is 0.492 e. The molecule has 2 unspecified atom stereocenters. The van der Waals surface area contributed by atoms with E-state index < -0.39 is 17.1 Å². The Balaban J connectivity index is 0.00000210. The van der Waals surface area contributed by atoms with Crippen LogP contribution in [0, 0.1) is 6.92 Å². The van der Waals surface area contributed by atoms with Gasteiger partial charge in [-0.25, -0.2) is 0 Å². The summed E-state index contributed by atoms with van der Waals surface area (Å²) < 4.78 is 11.3. The first-order valence-corrected chi connectivity index (χ1v) is 9.13. The Morgan fingerprint density at radius 3 is 2.63 bits per heavy atom. The van der Waals surface area contributed by atoms with Gasteiger partial charge in [-0.15, -0.1) is 6.58 Å². The van der Waals surface area contributed by atoms with Crippen molar-refractivity contribution in [3.63, 3.8) is 0 Å². The van der Waals surface area contributed by atoms with E-state index in [1.54, 1.807) is 6.92 Å². The Morgan fingerprint density at radius 2 is 2.04 bits per heavy atom. The molecule has 5 rings (SSSR count). The number of rotatable bonds is 6. The fourth-order valence-corrected chi connectivity index (χ4v) is 4.60. The lowest BCUT2D eigenvalue weighted by Gasteiger charge is -2.61. The number of aliphatic hydroxyl groups excluding tert-OH is 1. The van der Waals surface area contributed by atoms with Crippen molar-refractivity contribution in [3.05, 3.63) is 54.7 Å². The van der Waals surface area contributed by atoms with Crippen LogP contribution in [0.25, 0.3) is 0 Å². The minimum Gasteiger partial charge on any atom is -0.492 e. The van der Waals surface area contributed by atoms with Gasteiger partial charge in [0.1, 0.15) is 12.4 Å². The number of hydrogen-bond donors (Lipinski definition) is 1. The molecule has 3 radical (unpaired) electrons. The van der Waals surface area contributed by atoms with E-state index >= 15 is 0 Å². The molecule has 6 nitrogen and oxygen atoms in total. The number of para-hydroxylation sites is 1. The van der Waals surface area contributed by atoms with Crippen LogP contribution in [-0.2, 0) is 5.41 Å². The van der Waals surface area contributed by atoms with E-state index in [1.807, 2.05) is 36.4 Å². The molecule has 2 aromatic rings. The molecule has 2 bridgehead atoms. The van der Waals surface area contributed by atoms with Gasteiger partial charge in [0.2, 0.25) is 5.89 Å². The van der Waals surface area contributed by atoms with Crippen molar-refractivity contribution in [2.24, 2.45) is 0 Å². The lowest BCUT2D eigenvalue weighted by molar-refractivity contribution is -0.165. The molecule has 2 atom stereocenters. The highest BCUT2D eigenvalue weighted by Gasteiger charge is 2.62. The number of aromatic nitrogens is 2. The van der Waals surface area contributed by atoms with E-state index in [0.717, 1.165) is 31.7 Å². The molecule has 0 amide bonds. The van der Waals surface area contributed by atoms with Crippen LogP contribution in [0.3, 0.4) is 0 Å². The molecule has 4 heterocycles. The molecule has 0 spiro atoms. The molecule has 1 N–H and O–H groups in total. The van der Waals surface area contributed by atoms with Crippen LogP contribution >= 0.6 is 0 Å². The van der Waals surface area contributed by atoms with Gasteiger partial charge in [-0.2, -0.15) is 4.98 Å². The third kappa shape index (κ3) is 3.09. The molecule has 3 aliphatic rings. The van der Waals surface area contributed by atoms with Gasteiger partial charge in [0.25, 0.3) is 0 Å². The Labute approximate surface area is 161 Å².